The van der Waals surface area contributed by atoms with Gasteiger partial charge in [-0.1, -0.05) is 158 Å². The van der Waals surface area contributed by atoms with Crippen LogP contribution in [0.5, 0.6) is 23.0 Å². The molecule has 0 heterocycles. The molecular formula is C50H34O4. The van der Waals surface area contributed by atoms with E-state index >= 15 is 0 Å². The molecule has 0 amide bonds. The van der Waals surface area contributed by atoms with Gasteiger partial charge in [-0.05, 0) is 102 Å². The maximum atomic E-state index is 10.8. The largest absolute Gasteiger partial charge is 0.504 e. The fourth-order valence-corrected chi connectivity index (χ4v) is 9.39. The van der Waals surface area contributed by atoms with Gasteiger partial charge >= 0.3 is 0 Å². The van der Waals surface area contributed by atoms with Gasteiger partial charge in [-0.2, -0.15) is 0 Å². The van der Waals surface area contributed by atoms with E-state index in [9.17, 15) is 20.4 Å². The van der Waals surface area contributed by atoms with Crippen LogP contribution in [0.25, 0.3) is 33.4 Å². The lowest BCUT2D eigenvalue weighted by molar-refractivity contribution is 0.402. The predicted molar refractivity (Wildman–Crippen MR) is 213 cm³/mol. The highest BCUT2D eigenvalue weighted by atomic mass is 16.3. The van der Waals surface area contributed by atoms with Crippen LogP contribution in [0.1, 0.15) is 44.5 Å². The number of phenols is 4. The Kier molecular flexibility index (Phi) is 6.89. The molecule has 4 nitrogen and oxygen atoms in total. The zero-order valence-electron chi connectivity index (χ0n) is 29.1. The highest BCUT2D eigenvalue weighted by Crippen LogP contribution is 2.58. The predicted octanol–water partition coefficient (Wildman–Crippen LogP) is 10.9. The molecule has 2 aliphatic carbocycles. The molecule has 8 aromatic carbocycles. The maximum absolute atomic E-state index is 10.8. The first-order valence-corrected chi connectivity index (χ1v) is 18.1. The van der Waals surface area contributed by atoms with Crippen molar-refractivity contribution >= 4 is 0 Å². The van der Waals surface area contributed by atoms with Gasteiger partial charge in [0.2, 0.25) is 0 Å². The minimum absolute atomic E-state index is 0.152. The molecule has 258 valence electrons. The van der Waals surface area contributed by atoms with Crippen molar-refractivity contribution in [1.82, 2.24) is 0 Å². The zero-order chi connectivity index (χ0) is 36.6. The number of rotatable bonds is 5. The van der Waals surface area contributed by atoms with Crippen molar-refractivity contribution in [3.63, 3.8) is 0 Å². The van der Waals surface area contributed by atoms with E-state index in [-0.39, 0.29) is 23.0 Å². The van der Waals surface area contributed by atoms with E-state index < -0.39 is 10.8 Å². The van der Waals surface area contributed by atoms with Gasteiger partial charge in [0.25, 0.3) is 0 Å². The first kappa shape index (κ1) is 31.7. The first-order chi connectivity index (χ1) is 26.4. The minimum Gasteiger partial charge on any atom is -0.504 e. The number of benzene rings is 8. The van der Waals surface area contributed by atoms with Crippen LogP contribution in [0.15, 0.2) is 182 Å². The highest BCUT2D eigenvalue weighted by molar-refractivity contribution is 5.88. The molecular weight excluding hydrogens is 665 g/mol. The Labute approximate surface area is 313 Å². The Morgan fingerprint density at radius 3 is 0.833 bits per heavy atom. The summed E-state index contributed by atoms with van der Waals surface area (Å²) in [4.78, 5) is 0. The standard InChI is InChI=1S/C50H34O4/c51-45-27-25-35(29-47(45)53)49(41-13-5-1-9-37(41)38-10-2-6-14-42(38)49)33-21-17-31(18-22-33)32-19-23-34(24-20-32)50(36-26-28-46(52)48(54)30-36)43-15-7-3-11-39(43)40-12-4-8-16-44(40)50/h1-30,51-54H. The fourth-order valence-electron chi connectivity index (χ4n) is 9.39. The molecule has 0 aromatic heterocycles. The summed E-state index contributed by atoms with van der Waals surface area (Å²) in [6.45, 7) is 0. The average molecular weight is 699 g/mol. The van der Waals surface area contributed by atoms with Crippen molar-refractivity contribution in [1.29, 1.82) is 0 Å². The van der Waals surface area contributed by atoms with E-state index in [1.165, 1.54) is 0 Å². The Morgan fingerprint density at radius 1 is 0.259 bits per heavy atom. The van der Waals surface area contributed by atoms with Crippen LogP contribution in [-0.4, -0.2) is 20.4 Å². The Hall–Kier alpha value is -7.04. The van der Waals surface area contributed by atoms with Crippen molar-refractivity contribution in [3.05, 3.63) is 226 Å². The van der Waals surface area contributed by atoms with Crippen molar-refractivity contribution in [3.8, 4) is 56.4 Å². The van der Waals surface area contributed by atoms with Gasteiger partial charge in [-0.15, -0.1) is 0 Å². The quantitative estimate of drug-likeness (QED) is 0.135. The monoisotopic (exact) mass is 698 g/mol. The molecule has 10 rings (SSSR count). The lowest BCUT2D eigenvalue weighted by atomic mass is 9.67. The summed E-state index contributed by atoms with van der Waals surface area (Å²) in [5.41, 5.74) is 13.6. The molecule has 0 radical (unpaired) electrons. The second-order valence-corrected chi connectivity index (χ2v) is 14.2. The Bertz CT molecular complexity index is 2480. The third kappa shape index (κ3) is 4.25. The van der Waals surface area contributed by atoms with E-state index in [4.69, 9.17) is 0 Å². The van der Waals surface area contributed by atoms with Crippen molar-refractivity contribution in [2.75, 3.05) is 0 Å². The number of fused-ring (bicyclic) bond motifs is 6. The molecule has 0 aliphatic heterocycles. The van der Waals surface area contributed by atoms with Crippen LogP contribution < -0.4 is 0 Å². The van der Waals surface area contributed by atoms with E-state index in [0.29, 0.717) is 0 Å². The molecule has 8 aromatic rings. The summed E-state index contributed by atoms with van der Waals surface area (Å²) >= 11 is 0. The number of phenolic OH excluding ortho intramolecular Hbond substituents is 4. The molecule has 0 spiro atoms. The van der Waals surface area contributed by atoms with Crippen LogP contribution in [0.4, 0.5) is 0 Å². The maximum Gasteiger partial charge on any atom is 0.157 e. The summed E-state index contributed by atoms with van der Waals surface area (Å²) in [6, 6.07) is 61.4. The molecule has 4 heteroatoms. The van der Waals surface area contributed by atoms with Gasteiger partial charge in [-0.3, -0.25) is 0 Å². The molecule has 2 aliphatic rings. The lowest BCUT2D eigenvalue weighted by Gasteiger charge is -2.34. The fraction of sp³-hybridized carbons (Fsp3) is 0.0400. The summed E-state index contributed by atoms with van der Waals surface area (Å²) in [5, 5.41) is 42.2. The SMILES string of the molecule is Oc1ccc(C2(c3ccc(-c4ccc(C5(c6ccc(O)c(O)c6)c6ccccc6-c6ccccc65)cc4)cc3)c3ccccc3-c3ccccc32)cc1O. The van der Waals surface area contributed by atoms with Gasteiger partial charge in [0.15, 0.2) is 23.0 Å². The van der Waals surface area contributed by atoms with Crippen LogP contribution >= 0.6 is 0 Å². The number of aromatic hydroxyl groups is 4. The third-order valence-corrected chi connectivity index (χ3v) is 11.7. The summed E-state index contributed by atoms with van der Waals surface area (Å²) in [6.07, 6.45) is 0. The second kappa shape index (κ2) is 11.7. The van der Waals surface area contributed by atoms with Gasteiger partial charge < -0.3 is 20.4 Å². The van der Waals surface area contributed by atoms with Crippen LogP contribution in [-0.2, 0) is 10.8 Å². The van der Waals surface area contributed by atoms with Crippen LogP contribution in [0.2, 0.25) is 0 Å². The zero-order valence-corrected chi connectivity index (χ0v) is 29.1. The molecule has 0 atom stereocenters. The van der Waals surface area contributed by atoms with Gasteiger partial charge in [-0.25, -0.2) is 0 Å². The summed E-state index contributed by atoms with van der Waals surface area (Å²) < 4.78 is 0. The molecule has 0 bridgehead atoms. The molecule has 4 N–H and O–H groups in total. The molecule has 0 saturated heterocycles. The molecule has 0 saturated carbocycles. The lowest BCUT2D eigenvalue weighted by Crippen LogP contribution is -2.28. The van der Waals surface area contributed by atoms with E-state index in [0.717, 1.165) is 77.9 Å². The number of hydrogen-bond acceptors (Lipinski definition) is 4. The van der Waals surface area contributed by atoms with Crippen molar-refractivity contribution in [2.45, 2.75) is 10.8 Å². The normalized spacial score (nSPS) is 14.1. The van der Waals surface area contributed by atoms with Crippen molar-refractivity contribution < 1.29 is 20.4 Å². The molecule has 0 unspecified atom stereocenters. The average Bonchev–Trinajstić information content (AvgIpc) is 3.69. The van der Waals surface area contributed by atoms with Crippen LogP contribution in [0, 0.1) is 0 Å². The Morgan fingerprint density at radius 2 is 0.537 bits per heavy atom. The third-order valence-electron chi connectivity index (χ3n) is 11.7. The van der Waals surface area contributed by atoms with E-state index in [1.54, 1.807) is 24.3 Å². The van der Waals surface area contributed by atoms with Crippen LogP contribution in [0.3, 0.4) is 0 Å². The topological polar surface area (TPSA) is 80.9 Å². The molecule has 0 fully saturated rings. The summed E-state index contributed by atoms with van der Waals surface area (Å²) in [5.74, 6) is -0.613. The number of hydrogen-bond donors (Lipinski definition) is 4. The summed E-state index contributed by atoms with van der Waals surface area (Å²) in [7, 11) is 0. The van der Waals surface area contributed by atoms with Gasteiger partial charge in [0, 0.05) is 0 Å². The first-order valence-electron chi connectivity index (χ1n) is 18.1. The smallest absolute Gasteiger partial charge is 0.157 e. The van der Waals surface area contributed by atoms with E-state index in [2.05, 4.69) is 146 Å². The minimum atomic E-state index is -0.716. The highest BCUT2D eigenvalue weighted by Gasteiger charge is 2.47. The molecule has 54 heavy (non-hydrogen) atoms. The van der Waals surface area contributed by atoms with Gasteiger partial charge in [0.1, 0.15) is 0 Å². The van der Waals surface area contributed by atoms with Crippen molar-refractivity contribution in [2.24, 2.45) is 0 Å². The second-order valence-electron chi connectivity index (χ2n) is 14.2. The Balaban J connectivity index is 1.12. The van der Waals surface area contributed by atoms with Gasteiger partial charge in [0.05, 0.1) is 10.8 Å². The van der Waals surface area contributed by atoms with E-state index in [1.807, 2.05) is 12.1 Å².